The lowest BCUT2D eigenvalue weighted by molar-refractivity contribution is 0.104. The maximum atomic E-state index is 13.7. The first-order valence-corrected chi connectivity index (χ1v) is 11.1. The van der Waals surface area contributed by atoms with Crippen molar-refractivity contribution in [3.63, 3.8) is 0 Å². The summed E-state index contributed by atoms with van der Waals surface area (Å²) in [6.07, 6.45) is 2.66. The van der Waals surface area contributed by atoms with Gasteiger partial charge in [0.2, 0.25) is 0 Å². The van der Waals surface area contributed by atoms with Gasteiger partial charge < -0.3 is 18.7 Å². The molecule has 3 aromatic rings. The molecule has 31 heavy (non-hydrogen) atoms. The van der Waals surface area contributed by atoms with E-state index in [9.17, 15) is 13.2 Å². The van der Waals surface area contributed by atoms with Gasteiger partial charge in [-0.15, -0.1) is 0 Å². The molecule has 4 rings (SSSR count). The van der Waals surface area contributed by atoms with Crippen molar-refractivity contribution >= 4 is 19.4 Å². The van der Waals surface area contributed by atoms with Crippen LogP contribution in [0.3, 0.4) is 0 Å². The number of ether oxygens (including phenoxy) is 1. The summed E-state index contributed by atoms with van der Waals surface area (Å²) in [5.74, 6) is -3.22. The molecule has 2 atom stereocenters. The van der Waals surface area contributed by atoms with Crippen molar-refractivity contribution < 1.29 is 27.0 Å². The van der Waals surface area contributed by atoms with Gasteiger partial charge in [0.15, 0.2) is 17.5 Å². The van der Waals surface area contributed by atoms with E-state index in [2.05, 4.69) is 4.90 Å². The van der Waals surface area contributed by atoms with E-state index < -0.39 is 32.1 Å². The average molecular weight is 452 g/mol. The summed E-state index contributed by atoms with van der Waals surface area (Å²) in [5, 5.41) is 1.07. The van der Waals surface area contributed by atoms with Gasteiger partial charge in [0.25, 0.3) is 8.53 Å². The van der Waals surface area contributed by atoms with Crippen LogP contribution in [0.2, 0.25) is 0 Å². The molecule has 1 saturated heterocycles. The highest BCUT2D eigenvalue weighted by Gasteiger charge is 2.30. The SMILES string of the molecule is COc1ccc2c(CCN(C)C)cn(P3OCCC(c4cc(F)c(F)c(F)c4)O3)c2c1. The van der Waals surface area contributed by atoms with Crippen molar-refractivity contribution in [1.29, 1.82) is 0 Å². The molecule has 166 valence electrons. The zero-order valence-corrected chi connectivity index (χ0v) is 18.5. The molecule has 0 spiro atoms. The highest BCUT2D eigenvalue weighted by Crippen LogP contribution is 2.52. The first-order valence-electron chi connectivity index (χ1n) is 9.94. The Kier molecular flexibility index (Phi) is 6.53. The maximum absolute atomic E-state index is 13.7. The highest BCUT2D eigenvalue weighted by atomic mass is 31.2. The summed E-state index contributed by atoms with van der Waals surface area (Å²) in [6, 6.07) is 7.82. The third-order valence-corrected chi connectivity index (χ3v) is 6.78. The first-order chi connectivity index (χ1) is 14.9. The van der Waals surface area contributed by atoms with Gasteiger partial charge in [-0.1, -0.05) is 0 Å². The van der Waals surface area contributed by atoms with Crippen molar-refractivity contribution in [3.05, 3.63) is 65.1 Å². The Balaban J connectivity index is 1.68. The number of fused-ring (bicyclic) bond motifs is 1. The predicted octanol–water partition coefficient (Wildman–Crippen LogP) is 5.42. The molecule has 1 aliphatic heterocycles. The van der Waals surface area contributed by atoms with Crippen molar-refractivity contribution in [2.45, 2.75) is 18.9 Å². The molecule has 0 bridgehead atoms. The predicted molar refractivity (Wildman–Crippen MR) is 114 cm³/mol. The molecular weight excluding hydrogens is 428 g/mol. The Morgan fingerprint density at radius 3 is 2.58 bits per heavy atom. The van der Waals surface area contributed by atoms with Crippen molar-refractivity contribution in [2.24, 2.45) is 0 Å². The Hall–Kier alpha value is -2.12. The summed E-state index contributed by atoms with van der Waals surface area (Å²) in [6.45, 7) is 1.23. The largest absolute Gasteiger partial charge is 0.497 e. The van der Waals surface area contributed by atoms with Gasteiger partial charge >= 0.3 is 0 Å². The number of benzene rings is 2. The van der Waals surface area contributed by atoms with Crippen molar-refractivity contribution in [3.8, 4) is 5.75 Å². The van der Waals surface area contributed by atoms with Gasteiger partial charge in [-0.2, -0.15) is 0 Å². The maximum Gasteiger partial charge on any atom is 0.294 e. The molecule has 2 unspecified atom stereocenters. The Morgan fingerprint density at radius 1 is 1.16 bits per heavy atom. The number of aromatic nitrogens is 1. The lowest BCUT2D eigenvalue weighted by Crippen LogP contribution is -2.15. The van der Waals surface area contributed by atoms with Gasteiger partial charge in [0.05, 0.1) is 25.3 Å². The normalized spacial score (nSPS) is 19.3. The molecular formula is C22H24F3N2O3P. The van der Waals surface area contributed by atoms with Crippen LogP contribution >= 0.6 is 8.53 Å². The molecule has 9 heteroatoms. The fraction of sp³-hybridized carbons (Fsp3) is 0.364. The molecule has 0 amide bonds. The quantitative estimate of drug-likeness (QED) is 0.370. The third-order valence-electron chi connectivity index (χ3n) is 5.26. The number of likely N-dealkylation sites (N-methyl/N-ethyl adjacent to an activating group) is 1. The number of halogens is 3. The second-order valence-electron chi connectivity index (χ2n) is 7.69. The second kappa shape index (κ2) is 9.17. The Labute approximate surface area is 180 Å². The topological polar surface area (TPSA) is 35.9 Å². The van der Waals surface area contributed by atoms with E-state index in [0.717, 1.165) is 41.6 Å². The first kappa shape index (κ1) is 22.1. The van der Waals surface area contributed by atoms with Crippen molar-refractivity contribution in [1.82, 2.24) is 9.24 Å². The molecule has 2 aromatic carbocycles. The molecule has 1 aliphatic rings. The molecule has 0 saturated carbocycles. The third kappa shape index (κ3) is 4.58. The molecule has 0 N–H and O–H groups in total. The van der Waals surface area contributed by atoms with E-state index >= 15 is 0 Å². The lowest BCUT2D eigenvalue weighted by atomic mass is 10.1. The number of hydrogen-bond donors (Lipinski definition) is 0. The van der Waals surface area contributed by atoms with Crippen LogP contribution in [0.4, 0.5) is 13.2 Å². The van der Waals surface area contributed by atoms with E-state index in [-0.39, 0.29) is 5.56 Å². The standard InChI is InChI=1S/C22H24F3N2O3P/c1-26(2)8-6-14-13-27(20-12-16(28-3)4-5-17(14)20)31-29-9-7-21(30-31)15-10-18(23)22(25)19(24)11-15/h4-5,10-13,21H,6-9H2,1-3H3. The second-order valence-corrected chi connectivity index (χ2v) is 9.06. The molecule has 0 radical (unpaired) electrons. The van der Waals surface area contributed by atoms with Gasteiger partial charge in [-0.25, -0.2) is 13.2 Å². The lowest BCUT2D eigenvalue weighted by Gasteiger charge is -2.30. The van der Waals surface area contributed by atoms with Gasteiger partial charge in [-0.05, 0) is 55.9 Å². The van der Waals surface area contributed by atoms with Gasteiger partial charge in [0.1, 0.15) is 5.75 Å². The van der Waals surface area contributed by atoms with Crippen LogP contribution in [0.25, 0.3) is 10.9 Å². The number of hydrogen-bond acceptors (Lipinski definition) is 4. The van der Waals surface area contributed by atoms with Crippen LogP contribution in [0.5, 0.6) is 5.75 Å². The van der Waals surface area contributed by atoms with Crippen LogP contribution in [0.1, 0.15) is 23.7 Å². The van der Waals surface area contributed by atoms with E-state index in [0.29, 0.717) is 18.8 Å². The Bertz CT molecular complexity index is 1070. The minimum absolute atomic E-state index is 0.258. The highest BCUT2D eigenvalue weighted by molar-refractivity contribution is 7.45. The van der Waals surface area contributed by atoms with E-state index in [1.807, 2.05) is 42.8 Å². The summed E-state index contributed by atoms with van der Waals surface area (Å²) >= 11 is 0. The van der Waals surface area contributed by atoms with Crippen LogP contribution < -0.4 is 4.74 Å². The fourth-order valence-corrected chi connectivity index (χ4v) is 5.16. The van der Waals surface area contributed by atoms with E-state index in [4.69, 9.17) is 13.8 Å². The van der Waals surface area contributed by atoms with E-state index in [1.54, 1.807) is 7.11 Å². The summed E-state index contributed by atoms with van der Waals surface area (Å²) in [5.41, 5.74) is 2.30. The minimum Gasteiger partial charge on any atom is -0.497 e. The fourth-order valence-electron chi connectivity index (χ4n) is 3.60. The van der Waals surface area contributed by atoms with Gasteiger partial charge in [-0.3, -0.25) is 4.34 Å². The molecule has 0 aliphatic carbocycles. The number of nitrogens with zero attached hydrogens (tertiary/aromatic N) is 2. The number of methoxy groups -OCH3 is 1. The van der Waals surface area contributed by atoms with Crippen LogP contribution in [-0.4, -0.2) is 43.6 Å². The zero-order chi connectivity index (χ0) is 22.1. The van der Waals surface area contributed by atoms with Crippen LogP contribution in [0.15, 0.2) is 36.5 Å². The molecule has 1 aromatic heterocycles. The number of rotatable bonds is 6. The summed E-state index contributed by atoms with van der Waals surface area (Å²) in [7, 11) is 4.07. The van der Waals surface area contributed by atoms with E-state index in [1.165, 1.54) is 0 Å². The summed E-state index contributed by atoms with van der Waals surface area (Å²) in [4.78, 5) is 2.11. The van der Waals surface area contributed by atoms with Crippen molar-refractivity contribution in [2.75, 3.05) is 34.4 Å². The molecule has 1 fully saturated rings. The van der Waals surface area contributed by atoms with Crippen LogP contribution in [-0.2, 0) is 15.5 Å². The van der Waals surface area contributed by atoms with Crippen LogP contribution in [0, 0.1) is 17.5 Å². The molecule has 2 heterocycles. The Morgan fingerprint density at radius 2 is 1.90 bits per heavy atom. The summed E-state index contributed by atoms with van der Waals surface area (Å²) < 4.78 is 60.2. The average Bonchev–Trinajstić information content (AvgIpc) is 3.13. The monoisotopic (exact) mass is 452 g/mol. The smallest absolute Gasteiger partial charge is 0.294 e. The van der Waals surface area contributed by atoms with Gasteiger partial charge in [0, 0.05) is 30.6 Å². The zero-order valence-electron chi connectivity index (χ0n) is 17.6. The minimum atomic E-state index is -1.57. The molecule has 5 nitrogen and oxygen atoms in total.